The van der Waals surface area contributed by atoms with Crippen LogP contribution in [0.1, 0.15) is 28.4 Å². The monoisotopic (exact) mass is 341 g/mol. The number of benzene rings is 2. The Morgan fingerprint density at radius 3 is 2.48 bits per heavy atom. The van der Waals surface area contributed by atoms with Crippen molar-refractivity contribution in [2.75, 3.05) is 13.2 Å². The molecule has 0 unspecified atom stereocenters. The summed E-state index contributed by atoms with van der Waals surface area (Å²) in [7, 11) is 0. The number of carbonyl (C=O) groups excluding carboxylic acids is 2. The van der Waals surface area contributed by atoms with Gasteiger partial charge < -0.3 is 21.1 Å². The first kappa shape index (κ1) is 18.5. The Bertz CT molecular complexity index is 714. The quantitative estimate of drug-likeness (QED) is 0.680. The van der Waals surface area contributed by atoms with Gasteiger partial charge in [0.25, 0.3) is 11.8 Å². The van der Waals surface area contributed by atoms with E-state index >= 15 is 0 Å². The molecule has 6 heteroatoms. The summed E-state index contributed by atoms with van der Waals surface area (Å²) in [5.74, 6) is 0.268. The number of rotatable bonds is 8. The molecule has 2 aromatic carbocycles. The number of ether oxygens (including phenoxy) is 1. The molecule has 6 nitrogen and oxygen atoms in total. The smallest absolute Gasteiger partial charge is 0.257 e. The van der Waals surface area contributed by atoms with Crippen LogP contribution in [0.4, 0.5) is 0 Å². The molecule has 0 aliphatic carbocycles. The normalized spacial score (nSPS) is 10.2. The van der Waals surface area contributed by atoms with Gasteiger partial charge in [-0.25, -0.2) is 0 Å². The Kier molecular flexibility index (Phi) is 6.98. The van der Waals surface area contributed by atoms with E-state index in [1.54, 1.807) is 24.3 Å². The average Bonchev–Trinajstić information content (AvgIpc) is 2.65. The van der Waals surface area contributed by atoms with Crippen LogP contribution in [0.25, 0.3) is 0 Å². The van der Waals surface area contributed by atoms with Crippen LogP contribution < -0.4 is 21.1 Å². The van der Waals surface area contributed by atoms with Gasteiger partial charge in [0.05, 0.1) is 0 Å². The van der Waals surface area contributed by atoms with Gasteiger partial charge in [0.2, 0.25) is 0 Å². The van der Waals surface area contributed by atoms with Crippen molar-refractivity contribution in [1.29, 1.82) is 0 Å². The van der Waals surface area contributed by atoms with Crippen molar-refractivity contribution in [3.63, 3.8) is 0 Å². The molecule has 0 aliphatic rings. The lowest BCUT2D eigenvalue weighted by Gasteiger charge is -2.09. The fraction of sp³-hybridized carbons (Fsp3) is 0.263. The lowest BCUT2D eigenvalue weighted by atomic mass is 10.1. The number of hydrogen-bond acceptors (Lipinski definition) is 4. The molecule has 0 saturated carbocycles. The molecule has 2 aromatic rings. The molecule has 0 saturated heterocycles. The van der Waals surface area contributed by atoms with E-state index in [1.807, 2.05) is 31.2 Å². The zero-order valence-corrected chi connectivity index (χ0v) is 14.2. The van der Waals surface area contributed by atoms with E-state index in [4.69, 9.17) is 10.5 Å². The van der Waals surface area contributed by atoms with E-state index in [9.17, 15) is 9.59 Å². The van der Waals surface area contributed by atoms with Gasteiger partial charge in [-0.3, -0.25) is 9.59 Å². The van der Waals surface area contributed by atoms with Crippen molar-refractivity contribution in [1.82, 2.24) is 10.6 Å². The van der Waals surface area contributed by atoms with E-state index in [0.29, 0.717) is 30.9 Å². The Labute approximate surface area is 147 Å². The highest BCUT2D eigenvalue weighted by molar-refractivity contribution is 5.94. The van der Waals surface area contributed by atoms with Crippen LogP contribution in [0.5, 0.6) is 5.75 Å². The lowest BCUT2D eigenvalue weighted by Crippen LogP contribution is -2.28. The summed E-state index contributed by atoms with van der Waals surface area (Å²) in [4.78, 5) is 23.6. The predicted octanol–water partition coefficient (Wildman–Crippen LogP) is 1.59. The second kappa shape index (κ2) is 9.44. The van der Waals surface area contributed by atoms with Crippen LogP contribution in [0.3, 0.4) is 0 Å². The van der Waals surface area contributed by atoms with Gasteiger partial charge in [-0.1, -0.05) is 24.3 Å². The first-order valence-electron chi connectivity index (χ1n) is 8.18. The van der Waals surface area contributed by atoms with E-state index in [2.05, 4.69) is 10.6 Å². The second-order valence-corrected chi connectivity index (χ2v) is 5.47. The highest BCUT2D eigenvalue weighted by Crippen LogP contribution is 2.13. The Morgan fingerprint density at radius 2 is 1.80 bits per heavy atom. The second-order valence-electron chi connectivity index (χ2n) is 5.47. The molecule has 2 amide bonds. The molecule has 0 atom stereocenters. The first-order chi connectivity index (χ1) is 12.1. The van der Waals surface area contributed by atoms with E-state index in [1.165, 1.54) is 0 Å². The van der Waals surface area contributed by atoms with Gasteiger partial charge >= 0.3 is 0 Å². The van der Waals surface area contributed by atoms with Crippen molar-refractivity contribution < 1.29 is 14.3 Å². The average molecular weight is 341 g/mol. The van der Waals surface area contributed by atoms with E-state index < -0.39 is 0 Å². The standard InChI is InChI=1S/C19H23N3O3/c1-2-21-18(23)13-25-17-5-3-4-15(10-17)12-22-19(24)16-8-6-14(11-20)7-9-16/h3-10H,2,11-13,20H2,1H3,(H,21,23)(H,22,24). The number of nitrogens with one attached hydrogen (secondary N) is 2. The van der Waals surface area contributed by atoms with Gasteiger partial charge in [-0.15, -0.1) is 0 Å². The molecule has 0 aliphatic heterocycles. The van der Waals surface area contributed by atoms with Gasteiger partial charge in [-0.05, 0) is 42.3 Å². The maximum Gasteiger partial charge on any atom is 0.257 e. The summed E-state index contributed by atoms with van der Waals surface area (Å²) in [6, 6.07) is 14.5. The molecule has 132 valence electrons. The number of hydrogen-bond donors (Lipinski definition) is 3. The molecule has 0 bridgehead atoms. The SMILES string of the molecule is CCNC(=O)COc1cccc(CNC(=O)c2ccc(CN)cc2)c1. The highest BCUT2D eigenvalue weighted by atomic mass is 16.5. The Hall–Kier alpha value is -2.86. The van der Waals surface area contributed by atoms with Gasteiger partial charge in [-0.2, -0.15) is 0 Å². The van der Waals surface area contributed by atoms with Crippen molar-refractivity contribution in [2.45, 2.75) is 20.0 Å². The maximum atomic E-state index is 12.2. The van der Waals surface area contributed by atoms with Crippen LogP contribution in [0, 0.1) is 0 Å². The lowest BCUT2D eigenvalue weighted by molar-refractivity contribution is -0.122. The van der Waals surface area contributed by atoms with Crippen molar-refractivity contribution in [3.05, 3.63) is 65.2 Å². The molecule has 4 N–H and O–H groups in total. The van der Waals surface area contributed by atoms with Crippen LogP contribution in [-0.2, 0) is 17.9 Å². The largest absolute Gasteiger partial charge is 0.484 e. The van der Waals surface area contributed by atoms with Gasteiger partial charge in [0, 0.05) is 25.2 Å². The molecular formula is C19H23N3O3. The fourth-order valence-electron chi connectivity index (χ4n) is 2.22. The number of nitrogens with two attached hydrogens (primary N) is 1. The van der Waals surface area contributed by atoms with Gasteiger partial charge in [0.1, 0.15) is 5.75 Å². The molecule has 0 spiro atoms. The van der Waals surface area contributed by atoms with Crippen LogP contribution in [0.2, 0.25) is 0 Å². The van der Waals surface area contributed by atoms with Crippen LogP contribution in [0.15, 0.2) is 48.5 Å². The summed E-state index contributed by atoms with van der Waals surface area (Å²) >= 11 is 0. The zero-order valence-electron chi connectivity index (χ0n) is 14.2. The van der Waals surface area contributed by atoms with Crippen LogP contribution >= 0.6 is 0 Å². The third-order valence-electron chi connectivity index (χ3n) is 3.55. The molecular weight excluding hydrogens is 318 g/mol. The number of carbonyl (C=O) groups is 2. The maximum absolute atomic E-state index is 12.2. The van der Waals surface area contributed by atoms with Crippen molar-refractivity contribution in [2.24, 2.45) is 5.73 Å². The number of likely N-dealkylation sites (N-methyl/N-ethyl adjacent to an activating group) is 1. The molecule has 0 radical (unpaired) electrons. The summed E-state index contributed by atoms with van der Waals surface area (Å²) in [5, 5.41) is 5.53. The minimum absolute atomic E-state index is 0.0306. The van der Waals surface area contributed by atoms with E-state index in [-0.39, 0.29) is 18.4 Å². The minimum atomic E-state index is -0.165. The summed E-state index contributed by atoms with van der Waals surface area (Å²) < 4.78 is 5.44. The van der Waals surface area contributed by atoms with Crippen molar-refractivity contribution in [3.8, 4) is 5.75 Å². The first-order valence-corrected chi connectivity index (χ1v) is 8.18. The van der Waals surface area contributed by atoms with Crippen LogP contribution in [-0.4, -0.2) is 25.0 Å². The summed E-state index contributed by atoms with van der Waals surface area (Å²) in [6.45, 7) is 3.21. The summed E-state index contributed by atoms with van der Waals surface area (Å²) in [6.07, 6.45) is 0. The topological polar surface area (TPSA) is 93.5 Å². The molecule has 0 aromatic heterocycles. The Morgan fingerprint density at radius 1 is 1.04 bits per heavy atom. The molecule has 0 heterocycles. The highest BCUT2D eigenvalue weighted by Gasteiger charge is 2.06. The predicted molar refractivity (Wildman–Crippen MR) is 96.1 cm³/mol. The minimum Gasteiger partial charge on any atom is -0.484 e. The van der Waals surface area contributed by atoms with Crippen molar-refractivity contribution >= 4 is 11.8 Å². The molecule has 2 rings (SSSR count). The number of amides is 2. The molecule has 0 fully saturated rings. The third kappa shape index (κ3) is 5.93. The zero-order chi connectivity index (χ0) is 18.1. The summed E-state index contributed by atoms with van der Waals surface area (Å²) in [5.41, 5.74) is 8.00. The Balaban J connectivity index is 1.88. The van der Waals surface area contributed by atoms with Gasteiger partial charge in [0.15, 0.2) is 6.61 Å². The molecule has 25 heavy (non-hydrogen) atoms. The van der Waals surface area contributed by atoms with E-state index in [0.717, 1.165) is 11.1 Å². The third-order valence-corrected chi connectivity index (χ3v) is 3.55. The fourth-order valence-corrected chi connectivity index (χ4v) is 2.22.